The first-order valence-corrected chi connectivity index (χ1v) is 9.13. The first-order valence-electron chi connectivity index (χ1n) is 9.13. The Bertz CT molecular complexity index is 932. The molecule has 28 heavy (non-hydrogen) atoms. The summed E-state index contributed by atoms with van der Waals surface area (Å²) in [7, 11) is 1.76. The predicted octanol–water partition coefficient (Wildman–Crippen LogP) is 2.08. The fourth-order valence-corrected chi connectivity index (χ4v) is 2.94. The largest absolute Gasteiger partial charge is 0.368 e. The monoisotopic (exact) mass is 383 g/mol. The molecule has 146 valence electrons. The van der Waals surface area contributed by atoms with E-state index >= 15 is 0 Å². The molecule has 1 aliphatic heterocycles. The summed E-state index contributed by atoms with van der Waals surface area (Å²) < 4.78 is 12.3. The summed E-state index contributed by atoms with van der Waals surface area (Å²) in [4.78, 5) is 20.7. The molecule has 0 bridgehead atoms. The van der Waals surface area contributed by atoms with Crippen LogP contribution in [0.1, 0.15) is 30.7 Å². The molecule has 0 aromatic carbocycles. The van der Waals surface area contributed by atoms with Crippen LogP contribution < -0.4 is 10.6 Å². The van der Waals surface area contributed by atoms with Crippen molar-refractivity contribution in [3.8, 4) is 11.4 Å². The van der Waals surface area contributed by atoms with E-state index in [2.05, 4.69) is 30.9 Å². The highest BCUT2D eigenvalue weighted by molar-refractivity contribution is 5.88. The molecule has 10 heteroatoms. The Morgan fingerprint density at radius 3 is 3.07 bits per heavy atom. The van der Waals surface area contributed by atoms with E-state index in [1.807, 2.05) is 18.2 Å². The molecule has 1 fully saturated rings. The molecule has 0 aliphatic carbocycles. The Kier molecular flexibility index (Phi) is 5.29. The molecule has 1 aliphatic rings. The van der Waals surface area contributed by atoms with Crippen molar-refractivity contribution >= 4 is 11.8 Å². The Labute approximate surface area is 161 Å². The first-order chi connectivity index (χ1) is 13.7. The van der Waals surface area contributed by atoms with Crippen LogP contribution in [0.3, 0.4) is 0 Å². The van der Waals surface area contributed by atoms with Crippen molar-refractivity contribution in [2.45, 2.75) is 25.4 Å². The summed E-state index contributed by atoms with van der Waals surface area (Å²) in [5, 5.41) is 13.9. The van der Waals surface area contributed by atoms with Crippen LogP contribution in [0.5, 0.6) is 0 Å². The van der Waals surface area contributed by atoms with Crippen LogP contribution in [0.15, 0.2) is 35.0 Å². The van der Waals surface area contributed by atoms with Gasteiger partial charge in [-0.1, -0.05) is 11.2 Å². The number of aryl methyl sites for hydroxylation is 1. The van der Waals surface area contributed by atoms with Crippen molar-refractivity contribution in [3.63, 3.8) is 0 Å². The summed E-state index contributed by atoms with van der Waals surface area (Å²) in [6, 6.07) is 7.03. The fourth-order valence-electron chi connectivity index (χ4n) is 2.94. The van der Waals surface area contributed by atoms with E-state index < -0.39 is 0 Å². The highest BCUT2D eigenvalue weighted by atomic mass is 16.5. The lowest BCUT2D eigenvalue weighted by Crippen LogP contribution is -2.31. The third kappa shape index (κ3) is 4.17. The Hall–Kier alpha value is -3.27. The minimum Gasteiger partial charge on any atom is -0.368 e. The smallest absolute Gasteiger partial charge is 0.320 e. The highest BCUT2D eigenvalue weighted by Crippen LogP contribution is 2.26. The van der Waals surface area contributed by atoms with E-state index in [1.54, 1.807) is 24.0 Å². The van der Waals surface area contributed by atoms with E-state index in [0.717, 1.165) is 25.1 Å². The summed E-state index contributed by atoms with van der Waals surface area (Å²) in [5.74, 6) is 1.62. The van der Waals surface area contributed by atoms with Gasteiger partial charge >= 0.3 is 6.03 Å². The van der Waals surface area contributed by atoms with Crippen molar-refractivity contribution in [2.75, 3.05) is 18.5 Å². The minimum absolute atomic E-state index is 0.101. The van der Waals surface area contributed by atoms with Gasteiger partial charge in [0, 0.05) is 38.9 Å². The van der Waals surface area contributed by atoms with Gasteiger partial charge in [0.25, 0.3) is 5.89 Å². The highest BCUT2D eigenvalue weighted by Gasteiger charge is 2.23. The summed E-state index contributed by atoms with van der Waals surface area (Å²) in [6.07, 6.45) is 3.96. The predicted molar refractivity (Wildman–Crippen MR) is 99.4 cm³/mol. The third-order valence-electron chi connectivity index (χ3n) is 4.37. The summed E-state index contributed by atoms with van der Waals surface area (Å²) in [6.45, 7) is 1.10. The second kappa shape index (κ2) is 8.17. The molecule has 1 saturated heterocycles. The van der Waals surface area contributed by atoms with E-state index in [4.69, 9.17) is 9.26 Å². The average molecular weight is 383 g/mol. The Morgan fingerprint density at radius 2 is 2.29 bits per heavy atom. The van der Waals surface area contributed by atoms with Crippen molar-refractivity contribution in [2.24, 2.45) is 7.05 Å². The van der Waals surface area contributed by atoms with Crippen molar-refractivity contribution in [1.29, 1.82) is 0 Å². The van der Waals surface area contributed by atoms with Crippen LogP contribution in [0.2, 0.25) is 0 Å². The van der Waals surface area contributed by atoms with Crippen molar-refractivity contribution in [3.05, 3.63) is 42.2 Å². The number of urea groups is 1. The van der Waals surface area contributed by atoms with Gasteiger partial charge in [-0.15, -0.1) is 0 Å². The zero-order valence-corrected chi connectivity index (χ0v) is 15.5. The van der Waals surface area contributed by atoms with E-state index in [0.29, 0.717) is 36.2 Å². The maximum Gasteiger partial charge on any atom is 0.320 e. The van der Waals surface area contributed by atoms with Crippen LogP contribution in [-0.4, -0.2) is 44.1 Å². The molecule has 4 rings (SSSR count). The van der Waals surface area contributed by atoms with E-state index in [9.17, 15) is 4.79 Å². The molecule has 2 amide bonds. The molecule has 3 aromatic rings. The van der Waals surface area contributed by atoms with E-state index in [1.165, 1.54) is 0 Å². The van der Waals surface area contributed by atoms with Crippen LogP contribution in [0, 0.1) is 0 Å². The number of nitrogens with one attached hydrogen (secondary N) is 2. The van der Waals surface area contributed by atoms with Crippen molar-refractivity contribution < 1.29 is 14.1 Å². The van der Waals surface area contributed by atoms with Gasteiger partial charge in [0.15, 0.2) is 5.82 Å². The van der Waals surface area contributed by atoms with Crippen LogP contribution in [0.4, 0.5) is 10.6 Å². The first kappa shape index (κ1) is 18.1. The number of carbonyl (C=O) groups excluding carboxylic acids is 1. The van der Waals surface area contributed by atoms with E-state index in [-0.39, 0.29) is 12.1 Å². The Morgan fingerprint density at radius 1 is 1.36 bits per heavy atom. The Balaban J connectivity index is 1.27. The number of carbonyl (C=O) groups is 1. The van der Waals surface area contributed by atoms with Gasteiger partial charge in [0.2, 0.25) is 0 Å². The number of ether oxygens (including phenoxy) is 1. The van der Waals surface area contributed by atoms with Gasteiger partial charge < -0.3 is 14.6 Å². The summed E-state index contributed by atoms with van der Waals surface area (Å²) in [5.41, 5.74) is 1.43. The molecule has 3 aromatic heterocycles. The minimum atomic E-state index is -0.335. The zero-order valence-electron chi connectivity index (χ0n) is 15.5. The lowest BCUT2D eigenvalue weighted by atomic mass is 10.2. The maximum absolute atomic E-state index is 12.2. The fraction of sp³-hybridized carbons (Fsp3) is 0.389. The quantitative estimate of drug-likeness (QED) is 0.668. The SMILES string of the molecule is Cn1nc(-c2ccccn2)cc1NC(=O)NCCc1noc(C2CCCO2)n1. The molecular weight excluding hydrogens is 362 g/mol. The molecule has 2 N–H and O–H groups in total. The number of nitrogens with zero attached hydrogens (tertiary/aromatic N) is 5. The molecule has 1 atom stereocenters. The molecule has 0 saturated carbocycles. The molecule has 4 heterocycles. The van der Waals surface area contributed by atoms with Crippen LogP contribution in [0.25, 0.3) is 11.4 Å². The van der Waals surface area contributed by atoms with Crippen molar-refractivity contribution in [1.82, 2.24) is 30.2 Å². The number of hydrogen-bond acceptors (Lipinski definition) is 7. The molecular formula is C18H21N7O3. The second-order valence-electron chi connectivity index (χ2n) is 6.43. The number of amides is 2. The van der Waals surface area contributed by atoms with Gasteiger partial charge in [-0.2, -0.15) is 10.1 Å². The standard InChI is InChI=1S/C18H21N7O3/c1-25-16(11-13(23-25)12-5-2-3-8-19-12)22-18(26)20-9-7-15-21-17(28-24-15)14-6-4-10-27-14/h2-3,5,8,11,14H,4,6-7,9-10H2,1H3,(H2,20,22,26). The van der Waals surface area contributed by atoms with Gasteiger partial charge in [0.05, 0.1) is 5.69 Å². The molecule has 0 spiro atoms. The normalized spacial score (nSPS) is 16.2. The van der Waals surface area contributed by atoms with Crippen LogP contribution in [-0.2, 0) is 18.2 Å². The number of hydrogen-bond donors (Lipinski definition) is 2. The molecule has 1 unspecified atom stereocenters. The lowest BCUT2D eigenvalue weighted by molar-refractivity contribution is 0.0835. The zero-order chi connectivity index (χ0) is 19.3. The maximum atomic E-state index is 12.2. The number of anilines is 1. The van der Waals surface area contributed by atoms with Gasteiger partial charge in [-0.3, -0.25) is 15.0 Å². The molecule has 0 radical (unpaired) electrons. The summed E-state index contributed by atoms with van der Waals surface area (Å²) >= 11 is 0. The number of pyridine rings is 1. The average Bonchev–Trinajstić information content (AvgIpc) is 3.44. The van der Waals surface area contributed by atoms with Gasteiger partial charge in [-0.25, -0.2) is 4.79 Å². The van der Waals surface area contributed by atoms with Gasteiger partial charge in [-0.05, 0) is 25.0 Å². The number of rotatable bonds is 6. The van der Waals surface area contributed by atoms with Crippen LogP contribution >= 0.6 is 0 Å². The lowest BCUT2D eigenvalue weighted by Gasteiger charge is -2.06. The third-order valence-corrected chi connectivity index (χ3v) is 4.37. The second-order valence-corrected chi connectivity index (χ2v) is 6.43. The molecule has 10 nitrogen and oxygen atoms in total. The van der Waals surface area contributed by atoms with Gasteiger partial charge in [0.1, 0.15) is 17.6 Å². The topological polar surface area (TPSA) is 120 Å². The number of aromatic nitrogens is 5.